The Kier molecular flexibility index (Phi) is 4.10. The zero-order valence-corrected chi connectivity index (χ0v) is 12.4. The van der Waals surface area contributed by atoms with Crippen LogP contribution in [0, 0.1) is 16.7 Å². The quantitative estimate of drug-likeness (QED) is 0.598. The van der Waals surface area contributed by atoms with Crippen LogP contribution >= 0.6 is 0 Å². The lowest BCUT2D eigenvalue weighted by Crippen LogP contribution is -2.54. The summed E-state index contributed by atoms with van der Waals surface area (Å²) in [4.78, 5) is 2.59. The lowest BCUT2D eigenvalue weighted by molar-refractivity contribution is -0.0477. The van der Waals surface area contributed by atoms with E-state index >= 15 is 0 Å². The standard InChI is InChI=1S/C13H25N.C2H6/c1-12(2)7-10-6-11(8-12)14(5)9-13(10,3)4;1-2/h10-11H,6-9H2,1-5H3;1-2H3. The van der Waals surface area contributed by atoms with Gasteiger partial charge in [-0.1, -0.05) is 41.5 Å². The van der Waals surface area contributed by atoms with Gasteiger partial charge < -0.3 is 4.90 Å². The Morgan fingerprint density at radius 2 is 1.56 bits per heavy atom. The Morgan fingerprint density at radius 3 is 2.12 bits per heavy atom. The van der Waals surface area contributed by atoms with Gasteiger partial charge in [-0.15, -0.1) is 0 Å². The Hall–Kier alpha value is -0.0400. The highest BCUT2D eigenvalue weighted by Crippen LogP contribution is 2.50. The van der Waals surface area contributed by atoms with Gasteiger partial charge in [0.25, 0.3) is 0 Å². The molecular formula is C15H31N. The van der Waals surface area contributed by atoms with Gasteiger partial charge in [0.05, 0.1) is 0 Å². The number of piperidine rings is 1. The van der Waals surface area contributed by atoms with Gasteiger partial charge in [0.1, 0.15) is 0 Å². The number of hydrogen-bond acceptors (Lipinski definition) is 1. The zero-order chi connectivity index (χ0) is 12.6. The molecule has 1 saturated carbocycles. The van der Waals surface area contributed by atoms with Gasteiger partial charge in [0.2, 0.25) is 0 Å². The highest BCUT2D eigenvalue weighted by Gasteiger charge is 2.46. The molecule has 0 radical (unpaired) electrons. The van der Waals surface area contributed by atoms with Crippen LogP contribution in [0.5, 0.6) is 0 Å². The van der Waals surface area contributed by atoms with Crippen molar-refractivity contribution in [1.82, 2.24) is 4.90 Å². The molecule has 0 aromatic heterocycles. The van der Waals surface area contributed by atoms with Gasteiger partial charge in [0.15, 0.2) is 0 Å². The summed E-state index contributed by atoms with van der Waals surface area (Å²) in [6, 6.07) is 0.858. The summed E-state index contributed by atoms with van der Waals surface area (Å²) in [6.07, 6.45) is 4.27. The maximum Gasteiger partial charge on any atom is 0.0100 e. The topological polar surface area (TPSA) is 3.24 Å². The molecular weight excluding hydrogens is 194 g/mol. The van der Waals surface area contributed by atoms with E-state index in [9.17, 15) is 0 Å². The van der Waals surface area contributed by atoms with Crippen molar-refractivity contribution in [1.29, 1.82) is 0 Å². The maximum absolute atomic E-state index is 2.59. The smallest absolute Gasteiger partial charge is 0.0100 e. The van der Waals surface area contributed by atoms with Crippen molar-refractivity contribution in [3.05, 3.63) is 0 Å². The second-order valence-electron chi connectivity index (χ2n) is 7.06. The fraction of sp³-hybridized carbons (Fsp3) is 1.00. The molecule has 96 valence electrons. The summed E-state index contributed by atoms with van der Waals surface area (Å²) in [5, 5.41) is 0. The van der Waals surface area contributed by atoms with Crippen molar-refractivity contribution in [2.75, 3.05) is 13.6 Å². The van der Waals surface area contributed by atoms with E-state index in [4.69, 9.17) is 0 Å². The molecule has 2 bridgehead atoms. The van der Waals surface area contributed by atoms with Crippen LogP contribution in [0.1, 0.15) is 60.8 Å². The number of rotatable bonds is 0. The Morgan fingerprint density at radius 1 is 1.00 bits per heavy atom. The predicted octanol–water partition coefficient (Wildman–Crippen LogP) is 4.18. The Balaban J connectivity index is 0.000000606. The normalized spacial score (nSPS) is 36.2. The minimum Gasteiger partial charge on any atom is -0.303 e. The molecule has 2 fully saturated rings. The third-order valence-corrected chi connectivity index (χ3v) is 4.53. The minimum absolute atomic E-state index is 0.531. The number of hydrogen-bond donors (Lipinski definition) is 0. The first kappa shape index (κ1) is 14.0. The van der Waals surface area contributed by atoms with Crippen molar-refractivity contribution >= 4 is 0 Å². The first-order valence-electron chi connectivity index (χ1n) is 7.00. The van der Waals surface area contributed by atoms with Crippen LogP contribution in [0.2, 0.25) is 0 Å². The first-order valence-corrected chi connectivity index (χ1v) is 7.00. The second kappa shape index (κ2) is 4.68. The van der Waals surface area contributed by atoms with Crippen LogP contribution < -0.4 is 0 Å². The molecule has 0 aromatic carbocycles. The van der Waals surface area contributed by atoms with Gasteiger partial charge in [-0.2, -0.15) is 0 Å². The molecule has 1 aliphatic carbocycles. The summed E-state index contributed by atoms with van der Waals surface area (Å²) < 4.78 is 0. The monoisotopic (exact) mass is 225 g/mol. The largest absolute Gasteiger partial charge is 0.303 e. The molecule has 2 atom stereocenters. The average molecular weight is 225 g/mol. The van der Waals surface area contributed by atoms with E-state index in [-0.39, 0.29) is 0 Å². The van der Waals surface area contributed by atoms with E-state index in [1.807, 2.05) is 13.8 Å². The zero-order valence-electron chi connectivity index (χ0n) is 12.4. The van der Waals surface area contributed by atoms with E-state index in [0.29, 0.717) is 10.8 Å². The second-order valence-corrected chi connectivity index (χ2v) is 7.06. The third-order valence-electron chi connectivity index (χ3n) is 4.53. The summed E-state index contributed by atoms with van der Waals surface area (Å²) in [5.74, 6) is 0.951. The highest BCUT2D eigenvalue weighted by molar-refractivity contribution is 4.98. The van der Waals surface area contributed by atoms with Crippen molar-refractivity contribution in [3.8, 4) is 0 Å². The molecule has 16 heavy (non-hydrogen) atoms. The molecule has 1 nitrogen and oxygen atoms in total. The van der Waals surface area contributed by atoms with Crippen LogP contribution in [0.15, 0.2) is 0 Å². The molecule has 1 aliphatic heterocycles. The SMILES string of the molecule is CC.CN1CC(C)(C)C2CC1CC(C)(C)C2. The van der Waals surface area contributed by atoms with E-state index in [2.05, 4.69) is 39.6 Å². The molecule has 0 N–H and O–H groups in total. The lowest BCUT2D eigenvalue weighted by atomic mass is 9.59. The van der Waals surface area contributed by atoms with Gasteiger partial charge in [-0.05, 0) is 43.1 Å². The van der Waals surface area contributed by atoms with Crippen LogP contribution in [0.25, 0.3) is 0 Å². The lowest BCUT2D eigenvalue weighted by Gasteiger charge is -2.55. The molecule has 1 heterocycles. The summed E-state index contributed by atoms with van der Waals surface area (Å²) in [6.45, 7) is 15.1. The molecule has 2 rings (SSSR count). The first-order chi connectivity index (χ1) is 7.30. The molecule has 1 saturated heterocycles. The highest BCUT2D eigenvalue weighted by atomic mass is 15.2. The van der Waals surface area contributed by atoms with Crippen LogP contribution in [-0.4, -0.2) is 24.5 Å². The van der Waals surface area contributed by atoms with Gasteiger partial charge in [-0.25, -0.2) is 0 Å². The predicted molar refractivity (Wildman–Crippen MR) is 72.7 cm³/mol. The minimum atomic E-state index is 0.531. The van der Waals surface area contributed by atoms with Crippen molar-refractivity contribution < 1.29 is 0 Å². The molecule has 0 amide bonds. The van der Waals surface area contributed by atoms with Gasteiger partial charge >= 0.3 is 0 Å². The van der Waals surface area contributed by atoms with Gasteiger partial charge in [-0.3, -0.25) is 0 Å². The summed E-state index contributed by atoms with van der Waals surface area (Å²) in [5.41, 5.74) is 1.10. The van der Waals surface area contributed by atoms with E-state index in [1.165, 1.54) is 25.8 Å². The summed E-state index contributed by atoms with van der Waals surface area (Å²) in [7, 11) is 2.31. The molecule has 2 aliphatic rings. The Bertz CT molecular complexity index is 230. The molecule has 0 aromatic rings. The van der Waals surface area contributed by atoms with Crippen LogP contribution in [-0.2, 0) is 0 Å². The van der Waals surface area contributed by atoms with Crippen LogP contribution in [0.3, 0.4) is 0 Å². The number of likely N-dealkylation sites (tertiary alicyclic amines) is 1. The van der Waals surface area contributed by atoms with E-state index < -0.39 is 0 Å². The fourth-order valence-corrected chi connectivity index (χ4v) is 3.72. The Labute approximate surface area is 103 Å². The van der Waals surface area contributed by atoms with Crippen molar-refractivity contribution in [3.63, 3.8) is 0 Å². The van der Waals surface area contributed by atoms with E-state index in [0.717, 1.165) is 12.0 Å². The van der Waals surface area contributed by atoms with E-state index in [1.54, 1.807) is 0 Å². The third kappa shape index (κ3) is 2.80. The fourth-order valence-electron chi connectivity index (χ4n) is 3.72. The molecule has 0 spiro atoms. The van der Waals surface area contributed by atoms with Gasteiger partial charge in [0, 0.05) is 12.6 Å². The van der Waals surface area contributed by atoms with Crippen LogP contribution in [0.4, 0.5) is 0 Å². The number of nitrogens with zero attached hydrogens (tertiary/aromatic N) is 1. The average Bonchev–Trinajstić information content (AvgIpc) is 2.16. The maximum atomic E-state index is 2.59. The number of fused-ring (bicyclic) bond motifs is 2. The molecule has 2 unspecified atom stereocenters. The summed E-state index contributed by atoms with van der Waals surface area (Å²) >= 11 is 0. The molecule has 1 heteroatoms. The van der Waals surface area contributed by atoms with Crippen molar-refractivity contribution in [2.24, 2.45) is 16.7 Å². The van der Waals surface area contributed by atoms with Crippen molar-refractivity contribution in [2.45, 2.75) is 66.8 Å².